The van der Waals surface area contributed by atoms with Gasteiger partial charge in [0.2, 0.25) is 0 Å². The number of hydrogen-bond donors (Lipinski definition) is 1. The first-order chi connectivity index (χ1) is 7.15. The van der Waals surface area contributed by atoms with Gasteiger partial charge in [0.25, 0.3) is 0 Å². The van der Waals surface area contributed by atoms with E-state index in [-0.39, 0.29) is 12.1 Å². The Labute approximate surface area is 96.4 Å². The third-order valence-electron chi connectivity index (χ3n) is 2.70. The zero-order valence-corrected chi connectivity index (χ0v) is 10.6. The summed E-state index contributed by atoms with van der Waals surface area (Å²) < 4.78 is 5.42. The van der Waals surface area contributed by atoms with Gasteiger partial charge < -0.3 is 10.5 Å². The van der Waals surface area contributed by atoms with Crippen LogP contribution in [0, 0.1) is 5.92 Å². The molecule has 0 aromatic carbocycles. The lowest BCUT2D eigenvalue weighted by Crippen LogP contribution is -2.40. The molecule has 2 nitrogen and oxygen atoms in total. The molecular formula is C12H21NOS. The zero-order valence-electron chi connectivity index (χ0n) is 9.77. The SMILES string of the molecule is COC(C(C)C)C(N)CCc1ccsc1. The summed E-state index contributed by atoms with van der Waals surface area (Å²) in [7, 11) is 1.75. The standard InChI is InChI=1S/C12H21NOS/c1-9(2)12(14-3)11(13)5-4-10-6-7-15-8-10/h6-9,11-12H,4-5,13H2,1-3H3. The van der Waals surface area contributed by atoms with Crippen LogP contribution < -0.4 is 5.73 Å². The summed E-state index contributed by atoms with van der Waals surface area (Å²) in [4.78, 5) is 0. The average Bonchev–Trinajstić information content (AvgIpc) is 2.67. The van der Waals surface area contributed by atoms with Crippen molar-refractivity contribution in [3.63, 3.8) is 0 Å². The minimum Gasteiger partial charge on any atom is -0.380 e. The minimum atomic E-state index is 0.134. The number of methoxy groups -OCH3 is 1. The number of thiophene rings is 1. The summed E-state index contributed by atoms with van der Waals surface area (Å²) in [5, 5.41) is 4.29. The van der Waals surface area contributed by atoms with E-state index in [1.54, 1.807) is 18.4 Å². The van der Waals surface area contributed by atoms with Crippen LogP contribution in [-0.4, -0.2) is 19.3 Å². The van der Waals surface area contributed by atoms with Crippen LogP contribution in [0.3, 0.4) is 0 Å². The van der Waals surface area contributed by atoms with Gasteiger partial charge in [-0.2, -0.15) is 11.3 Å². The van der Waals surface area contributed by atoms with Crippen LogP contribution in [0.4, 0.5) is 0 Å². The number of rotatable bonds is 6. The van der Waals surface area contributed by atoms with Crippen molar-refractivity contribution in [2.75, 3.05) is 7.11 Å². The van der Waals surface area contributed by atoms with Crippen LogP contribution in [0.25, 0.3) is 0 Å². The largest absolute Gasteiger partial charge is 0.380 e. The summed E-state index contributed by atoms with van der Waals surface area (Å²) in [6.45, 7) is 4.30. The van der Waals surface area contributed by atoms with E-state index in [9.17, 15) is 0 Å². The van der Waals surface area contributed by atoms with Crippen molar-refractivity contribution in [2.45, 2.75) is 38.8 Å². The molecule has 0 aliphatic rings. The Morgan fingerprint density at radius 3 is 2.67 bits per heavy atom. The average molecular weight is 227 g/mol. The summed E-state index contributed by atoms with van der Waals surface area (Å²) in [6.07, 6.45) is 2.22. The smallest absolute Gasteiger partial charge is 0.0745 e. The molecule has 0 fully saturated rings. The molecule has 0 saturated carbocycles. The van der Waals surface area contributed by atoms with E-state index in [1.807, 2.05) is 0 Å². The van der Waals surface area contributed by atoms with E-state index in [0.717, 1.165) is 12.8 Å². The van der Waals surface area contributed by atoms with Gasteiger partial charge in [-0.3, -0.25) is 0 Å². The number of nitrogens with two attached hydrogens (primary N) is 1. The van der Waals surface area contributed by atoms with Crippen LogP contribution in [0.5, 0.6) is 0 Å². The summed E-state index contributed by atoms with van der Waals surface area (Å²) >= 11 is 1.74. The quantitative estimate of drug-likeness (QED) is 0.811. The van der Waals surface area contributed by atoms with Crippen molar-refractivity contribution in [2.24, 2.45) is 11.7 Å². The van der Waals surface area contributed by atoms with Gasteiger partial charge in [-0.1, -0.05) is 13.8 Å². The highest BCUT2D eigenvalue weighted by molar-refractivity contribution is 7.07. The molecule has 1 heterocycles. The van der Waals surface area contributed by atoms with Gasteiger partial charge >= 0.3 is 0 Å². The molecule has 0 spiro atoms. The van der Waals surface area contributed by atoms with E-state index in [1.165, 1.54) is 5.56 Å². The highest BCUT2D eigenvalue weighted by Crippen LogP contribution is 2.15. The molecule has 0 radical (unpaired) electrons. The Balaban J connectivity index is 2.37. The van der Waals surface area contributed by atoms with Crippen LogP contribution >= 0.6 is 11.3 Å². The number of hydrogen-bond acceptors (Lipinski definition) is 3. The predicted octanol–water partition coefficient (Wildman–Crippen LogP) is 2.68. The fraction of sp³-hybridized carbons (Fsp3) is 0.667. The second kappa shape index (κ2) is 6.26. The molecule has 1 rings (SSSR count). The highest BCUT2D eigenvalue weighted by atomic mass is 32.1. The first kappa shape index (κ1) is 12.7. The molecule has 0 amide bonds. The number of aryl methyl sites for hydroxylation is 1. The van der Waals surface area contributed by atoms with E-state index >= 15 is 0 Å². The van der Waals surface area contributed by atoms with Crippen LogP contribution in [0.15, 0.2) is 16.8 Å². The molecule has 2 unspecified atom stereocenters. The van der Waals surface area contributed by atoms with Gasteiger partial charge in [0, 0.05) is 13.2 Å². The third-order valence-corrected chi connectivity index (χ3v) is 3.43. The van der Waals surface area contributed by atoms with E-state index < -0.39 is 0 Å². The normalized spacial score (nSPS) is 15.5. The van der Waals surface area contributed by atoms with Crippen LogP contribution in [0.2, 0.25) is 0 Å². The molecule has 0 saturated heterocycles. The molecule has 0 aliphatic carbocycles. The second-order valence-electron chi connectivity index (χ2n) is 4.28. The monoisotopic (exact) mass is 227 g/mol. The topological polar surface area (TPSA) is 35.2 Å². The molecule has 0 bridgehead atoms. The Morgan fingerprint density at radius 2 is 2.20 bits per heavy atom. The Hall–Kier alpha value is -0.380. The third kappa shape index (κ3) is 3.93. The highest BCUT2D eigenvalue weighted by Gasteiger charge is 2.20. The van der Waals surface area contributed by atoms with Gasteiger partial charge in [-0.05, 0) is 41.1 Å². The molecule has 0 aliphatic heterocycles. The van der Waals surface area contributed by atoms with Gasteiger partial charge in [0.15, 0.2) is 0 Å². The fourth-order valence-electron chi connectivity index (χ4n) is 1.87. The Kier molecular flexibility index (Phi) is 5.29. The molecule has 2 N–H and O–H groups in total. The molecule has 3 heteroatoms. The van der Waals surface area contributed by atoms with Crippen molar-refractivity contribution >= 4 is 11.3 Å². The first-order valence-corrected chi connectivity index (χ1v) is 6.39. The van der Waals surface area contributed by atoms with Crippen LogP contribution in [0.1, 0.15) is 25.8 Å². The Bertz CT molecular complexity index is 259. The molecule has 15 heavy (non-hydrogen) atoms. The molecular weight excluding hydrogens is 206 g/mol. The van der Waals surface area contributed by atoms with Gasteiger partial charge in [0.05, 0.1) is 6.10 Å². The molecule has 86 valence electrons. The van der Waals surface area contributed by atoms with Crippen molar-refractivity contribution < 1.29 is 4.74 Å². The van der Waals surface area contributed by atoms with Gasteiger partial charge in [-0.15, -0.1) is 0 Å². The second-order valence-corrected chi connectivity index (χ2v) is 5.06. The van der Waals surface area contributed by atoms with E-state index in [2.05, 4.69) is 30.7 Å². The van der Waals surface area contributed by atoms with Crippen LogP contribution in [-0.2, 0) is 11.2 Å². The zero-order chi connectivity index (χ0) is 11.3. The lowest BCUT2D eigenvalue weighted by molar-refractivity contribution is 0.0420. The summed E-state index contributed by atoms with van der Waals surface area (Å²) in [5.74, 6) is 0.479. The first-order valence-electron chi connectivity index (χ1n) is 5.44. The predicted molar refractivity (Wildman–Crippen MR) is 66.3 cm³/mol. The fourth-order valence-corrected chi connectivity index (χ4v) is 2.58. The summed E-state index contributed by atoms with van der Waals surface area (Å²) in [5.41, 5.74) is 7.51. The molecule has 2 atom stereocenters. The van der Waals surface area contributed by atoms with E-state index in [4.69, 9.17) is 10.5 Å². The maximum Gasteiger partial charge on any atom is 0.0745 e. The number of ether oxygens (including phenoxy) is 1. The van der Waals surface area contributed by atoms with E-state index in [0.29, 0.717) is 5.92 Å². The maximum atomic E-state index is 6.12. The van der Waals surface area contributed by atoms with Crippen molar-refractivity contribution in [3.8, 4) is 0 Å². The van der Waals surface area contributed by atoms with Gasteiger partial charge in [0.1, 0.15) is 0 Å². The van der Waals surface area contributed by atoms with Gasteiger partial charge in [-0.25, -0.2) is 0 Å². The van der Waals surface area contributed by atoms with Crippen molar-refractivity contribution in [1.82, 2.24) is 0 Å². The minimum absolute atomic E-state index is 0.134. The molecule has 1 aromatic heterocycles. The Morgan fingerprint density at radius 1 is 1.47 bits per heavy atom. The molecule has 1 aromatic rings. The summed E-state index contributed by atoms with van der Waals surface area (Å²) in [6, 6.07) is 2.30. The lowest BCUT2D eigenvalue weighted by atomic mass is 9.95. The van der Waals surface area contributed by atoms with Crippen molar-refractivity contribution in [3.05, 3.63) is 22.4 Å². The maximum absolute atomic E-state index is 6.12. The lowest BCUT2D eigenvalue weighted by Gasteiger charge is -2.25. The van der Waals surface area contributed by atoms with Crippen molar-refractivity contribution in [1.29, 1.82) is 0 Å².